The standard InChI is InChI=1S/C17H18ClNO/c1-11-4-6-14(7-5-11)19-9-15-13(3)17(18)12(2)8-16(15)20-10-19/h4-8H,9-10H2,1-3H3. The normalized spacial score (nSPS) is 13.9. The van der Waals surface area contributed by atoms with Crippen LogP contribution < -0.4 is 9.64 Å². The zero-order valence-corrected chi connectivity index (χ0v) is 12.8. The van der Waals surface area contributed by atoms with Crippen LogP contribution in [0.1, 0.15) is 22.3 Å². The zero-order valence-electron chi connectivity index (χ0n) is 12.0. The molecule has 3 rings (SSSR count). The number of hydrogen-bond acceptors (Lipinski definition) is 2. The third kappa shape index (κ3) is 2.25. The number of rotatable bonds is 1. The van der Waals surface area contributed by atoms with Gasteiger partial charge in [0.1, 0.15) is 5.75 Å². The Morgan fingerprint density at radius 2 is 1.80 bits per heavy atom. The molecule has 1 aliphatic heterocycles. The quantitative estimate of drug-likeness (QED) is 0.759. The van der Waals surface area contributed by atoms with E-state index in [4.69, 9.17) is 16.3 Å². The molecule has 0 aliphatic carbocycles. The molecule has 0 N–H and O–H groups in total. The van der Waals surface area contributed by atoms with Gasteiger partial charge in [-0.05, 0) is 50.1 Å². The number of halogens is 1. The lowest BCUT2D eigenvalue weighted by molar-refractivity contribution is 0.288. The van der Waals surface area contributed by atoms with E-state index in [0.717, 1.165) is 28.4 Å². The Labute approximate surface area is 124 Å². The maximum absolute atomic E-state index is 6.36. The van der Waals surface area contributed by atoms with Gasteiger partial charge in [-0.2, -0.15) is 0 Å². The average molecular weight is 288 g/mol. The van der Waals surface area contributed by atoms with Gasteiger partial charge in [-0.25, -0.2) is 0 Å². The lowest BCUT2D eigenvalue weighted by Crippen LogP contribution is -2.32. The van der Waals surface area contributed by atoms with Crippen LogP contribution in [-0.2, 0) is 6.54 Å². The van der Waals surface area contributed by atoms with Gasteiger partial charge in [-0.1, -0.05) is 29.3 Å². The zero-order chi connectivity index (χ0) is 14.3. The predicted molar refractivity (Wildman–Crippen MR) is 83.8 cm³/mol. The molecule has 0 radical (unpaired) electrons. The fourth-order valence-electron chi connectivity index (χ4n) is 2.59. The van der Waals surface area contributed by atoms with Crippen molar-refractivity contribution in [2.75, 3.05) is 11.6 Å². The van der Waals surface area contributed by atoms with E-state index in [9.17, 15) is 0 Å². The van der Waals surface area contributed by atoms with Gasteiger partial charge in [-0.3, -0.25) is 0 Å². The van der Waals surface area contributed by atoms with Crippen LogP contribution in [0, 0.1) is 20.8 Å². The highest BCUT2D eigenvalue weighted by atomic mass is 35.5. The first-order valence-corrected chi connectivity index (χ1v) is 7.17. The van der Waals surface area contributed by atoms with Crippen molar-refractivity contribution in [3.05, 3.63) is 57.6 Å². The monoisotopic (exact) mass is 287 g/mol. The molecule has 0 fully saturated rings. The molecule has 2 aromatic rings. The van der Waals surface area contributed by atoms with Gasteiger partial charge in [-0.15, -0.1) is 0 Å². The van der Waals surface area contributed by atoms with Crippen LogP contribution in [0.5, 0.6) is 5.75 Å². The number of ether oxygens (including phenoxy) is 1. The first-order chi connectivity index (χ1) is 9.56. The van der Waals surface area contributed by atoms with Gasteiger partial charge >= 0.3 is 0 Å². The largest absolute Gasteiger partial charge is 0.473 e. The molecule has 0 saturated carbocycles. The summed E-state index contributed by atoms with van der Waals surface area (Å²) >= 11 is 6.36. The molecule has 20 heavy (non-hydrogen) atoms. The van der Waals surface area contributed by atoms with Gasteiger partial charge in [0.2, 0.25) is 0 Å². The number of nitrogens with zero attached hydrogens (tertiary/aromatic N) is 1. The van der Waals surface area contributed by atoms with Crippen LogP contribution in [0.2, 0.25) is 5.02 Å². The first kappa shape index (κ1) is 13.3. The minimum Gasteiger partial charge on any atom is -0.473 e. The lowest BCUT2D eigenvalue weighted by Gasteiger charge is -2.32. The minimum absolute atomic E-state index is 0.580. The highest BCUT2D eigenvalue weighted by Crippen LogP contribution is 2.36. The van der Waals surface area contributed by atoms with Crippen LogP contribution in [0.4, 0.5) is 5.69 Å². The Balaban J connectivity index is 1.95. The van der Waals surface area contributed by atoms with Crippen molar-refractivity contribution < 1.29 is 4.74 Å². The van der Waals surface area contributed by atoms with Crippen molar-refractivity contribution in [1.29, 1.82) is 0 Å². The topological polar surface area (TPSA) is 12.5 Å². The fourth-order valence-corrected chi connectivity index (χ4v) is 2.76. The van der Waals surface area contributed by atoms with Crippen molar-refractivity contribution in [2.45, 2.75) is 27.3 Å². The van der Waals surface area contributed by atoms with Crippen LogP contribution >= 0.6 is 11.6 Å². The summed E-state index contributed by atoms with van der Waals surface area (Å²) < 4.78 is 5.90. The van der Waals surface area contributed by atoms with E-state index in [1.165, 1.54) is 16.8 Å². The van der Waals surface area contributed by atoms with Crippen molar-refractivity contribution in [3.63, 3.8) is 0 Å². The summed E-state index contributed by atoms with van der Waals surface area (Å²) in [6.45, 7) is 7.60. The Morgan fingerprint density at radius 3 is 2.50 bits per heavy atom. The van der Waals surface area contributed by atoms with Crippen molar-refractivity contribution in [1.82, 2.24) is 0 Å². The third-order valence-electron chi connectivity index (χ3n) is 3.90. The van der Waals surface area contributed by atoms with E-state index < -0.39 is 0 Å². The molecule has 104 valence electrons. The molecule has 0 unspecified atom stereocenters. The molecular formula is C17H18ClNO. The second kappa shape index (κ2) is 5.02. The molecule has 0 amide bonds. The molecular weight excluding hydrogens is 270 g/mol. The fraction of sp³-hybridized carbons (Fsp3) is 0.294. The molecule has 0 saturated heterocycles. The molecule has 0 bridgehead atoms. The SMILES string of the molecule is Cc1ccc(N2COc3cc(C)c(Cl)c(C)c3C2)cc1. The maximum Gasteiger partial charge on any atom is 0.161 e. The number of hydrogen-bond donors (Lipinski definition) is 0. The second-order valence-electron chi connectivity index (χ2n) is 5.42. The lowest BCUT2D eigenvalue weighted by atomic mass is 10.0. The summed E-state index contributed by atoms with van der Waals surface area (Å²) in [4.78, 5) is 2.22. The van der Waals surface area contributed by atoms with E-state index in [2.05, 4.69) is 43.0 Å². The summed E-state index contributed by atoms with van der Waals surface area (Å²) in [6, 6.07) is 10.6. The molecule has 0 aromatic heterocycles. The van der Waals surface area contributed by atoms with Gasteiger partial charge in [0.05, 0.1) is 6.54 Å². The van der Waals surface area contributed by atoms with E-state index in [-0.39, 0.29) is 0 Å². The Hall–Kier alpha value is -1.67. The minimum atomic E-state index is 0.580. The van der Waals surface area contributed by atoms with Crippen LogP contribution in [0.25, 0.3) is 0 Å². The second-order valence-corrected chi connectivity index (χ2v) is 5.79. The number of benzene rings is 2. The third-order valence-corrected chi connectivity index (χ3v) is 4.48. The van der Waals surface area contributed by atoms with Crippen LogP contribution in [0.3, 0.4) is 0 Å². The summed E-state index contributed by atoms with van der Waals surface area (Å²) in [5, 5.41) is 0.845. The Kier molecular flexibility index (Phi) is 3.35. The summed E-state index contributed by atoms with van der Waals surface area (Å²) in [5.41, 5.74) is 5.83. The molecule has 1 aliphatic rings. The number of aryl methyl sites for hydroxylation is 2. The molecule has 2 nitrogen and oxygen atoms in total. The Bertz CT molecular complexity index is 649. The molecule has 3 heteroatoms. The van der Waals surface area contributed by atoms with Crippen LogP contribution in [-0.4, -0.2) is 6.73 Å². The first-order valence-electron chi connectivity index (χ1n) is 6.79. The summed E-state index contributed by atoms with van der Waals surface area (Å²) in [7, 11) is 0. The van der Waals surface area contributed by atoms with Crippen molar-refractivity contribution in [3.8, 4) is 5.75 Å². The maximum atomic E-state index is 6.36. The predicted octanol–water partition coefficient (Wildman–Crippen LogP) is 4.62. The highest BCUT2D eigenvalue weighted by molar-refractivity contribution is 6.32. The average Bonchev–Trinajstić information content (AvgIpc) is 2.46. The van der Waals surface area contributed by atoms with Gasteiger partial charge < -0.3 is 9.64 Å². The molecule has 1 heterocycles. The molecule has 2 aromatic carbocycles. The Morgan fingerprint density at radius 1 is 1.10 bits per heavy atom. The smallest absolute Gasteiger partial charge is 0.161 e. The van der Waals surface area contributed by atoms with E-state index >= 15 is 0 Å². The number of fused-ring (bicyclic) bond motifs is 1. The molecule has 0 atom stereocenters. The van der Waals surface area contributed by atoms with E-state index in [1.54, 1.807) is 0 Å². The van der Waals surface area contributed by atoms with Gasteiger partial charge in [0, 0.05) is 16.3 Å². The van der Waals surface area contributed by atoms with E-state index in [1.807, 2.05) is 13.0 Å². The number of anilines is 1. The van der Waals surface area contributed by atoms with Crippen LogP contribution in [0.15, 0.2) is 30.3 Å². The van der Waals surface area contributed by atoms with Gasteiger partial charge in [0.25, 0.3) is 0 Å². The summed E-state index contributed by atoms with van der Waals surface area (Å²) in [5.74, 6) is 0.966. The van der Waals surface area contributed by atoms with Crippen molar-refractivity contribution in [2.24, 2.45) is 0 Å². The highest BCUT2D eigenvalue weighted by Gasteiger charge is 2.21. The summed E-state index contributed by atoms with van der Waals surface area (Å²) in [6.07, 6.45) is 0. The molecule has 0 spiro atoms. The van der Waals surface area contributed by atoms with Gasteiger partial charge in [0.15, 0.2) is 6.73 Å². The van der Waals surface area contributed by atoms with Crippen molar-refractivity contribution >= 4 is 17.3 Å². The van der Waals surface area contributed by atoms with E-state index in [0.29, 0.717) is 6.73 Å².